The molecule has 0 saturated carbocycles. The number of nitrogens with one attached hydrogen (secondary N) is 1. The van der Waals surface area contributed by atoms with E-state index in [1.165, 1.54) is 4.31 Å². The molecule has 4 nitrogen and oxygen atoms in total. The molecular formula is C16H17BrN2O2S. The average Bonchev–Trinajstić information content (AvgIpc) is 2.47. The van der Waals surface area contributed by atoms with Gasteiger partial charge in [0, 0.05) is 10.5 Å². The zero-order valence-corrected chi connectivity index (χ0v) is 14.8. The van der Waals surface area contributed by atoms with Gasteiger partial charge in [0.25, 0.3) is 10.0 Å². The molecule has 116 valence electrons. The summed E-state index contributed by atoms with van der Waals surface area (Å²) in [6, 6.07) is 12.6. The molecule has 1 N–H and O–H groups in total. The van der Waals surface area contributed by atoms with Crippen LogP contribution < -0.4 is 9.62 Å². The highest BCUT2D eigenvalue weighted by Crippen LogP contribution is 2.36. The molecule has 0 unspecified atom stereocenters. The lowest BCUT2D eigenvalue weighted by molar-refractivity contribution is 0.586. The van der Waals surface area contributed by atoms with Crippen LogP contribution >= 0.6 is 15.9 Å². The lowest BCUT2D eigenvalue weighted by Gasteiger charge is -2.35. The van der Waals surface area contributed by atoms with Crippen molar-refractivity contribution in [2.24, 2.45) is 0 Å². The number of nitrogens with zero attached hydrogens (tertiary/aromatic N) is 1. The number of fused-ring (bicyclic) bond motifs is 1. The van der Waals surface area contributed by atoms with Crippen molar-refractivity contribution in [2.75, 3.05) is 16.2 Å². The third-order valence-electron chi connectivity index (χ3n) is 3.68. The number of hydrogen-bond acceptors (Lipinski definition) is 3. The molecule has 0 bridgehead atoms. The van der Waals surface area contributed by atoms with Crippen LogP contribution in [0.15, 0.2) is 51.8 Å². The highest BCUT2D eigenvalue weighted by atomic mass is 79.9. The Hall–Kier alpha value is -1.53. The molecule has 0 radical (unpaired) electrons. The molecule has 3 rings (SSSR count). The van der Waals surface area contributed by atoms with Crippen LogP contribution in [0.1, 0.15) is 12.5 Å². The second-order valence-corrected chi connectivity index (χ2v) is 8.33. The molecule has 0 amide bonds. The van der Waals surface area contributed by atoms with Crippen molar-refractivity contribution < 1.29 is 8.42 Å². The lowest BCUT2D eigenvalue weighted by atomic mass is 10.2. The molecule has 1 aliphatic heterocycles. The molecule has 2 aromatic rings. The van der Waals surface area contributed by atoms with E-state index in [4.69, 9.17) is 0 Å². The fourth-order valence-corrected chi connectivity index (χ4v) is 4.47. The average molecular weight is 381 g/mol. The minimum absolute atomic E-state index is 0.0499. The van der Waals surface area contributed by atoms with E-state index in [2.05, 4.69) is 21.2 Å². The molecule has 1 atom stereocenters. The molecule has 0 aliphatic carbocycles. The third kappa shape index (κ3) is 2.73. The summed E-state index contributed by atoms with van der Waals surface area (Å²) < 4.78 is 28.3. The van der Waals surface area contributed by atoms with Crippen LogP contribution in [0.3, 0.4) is 0 Å². The zero-order chi connectivity index (χ0) is 15.9. The van der Waals surface area contributed by atoms with Gasteiger partial charge in [0.1, 0.15) is 0 Å². The van der Waals surface area contributed by atoms with Gasteiger partial charge in [-0.2, -0.15) is 0 Å². The summed E-state index contributed by atoms with van der Waals surface area (Å²) >= 11 is 3.42. The first kappa shape index (κ1) is 15.4. The molecule has 1 aliphatic rings. The molecular weight excluding hydrogens is 364 g/mol. The SMILES string of the molecule is Cc1ccc(S(=O)(=O)N2C[C@H](C)Nc3ccc(Br)cc32)cc1. The number of aryl methyl sites for hydroxylation is 1. The summed E-state index contributed by atoms with van der Waals surface area (Å²) in [5, 5.41) is 3.32. The van der Waals surface area contributed by atoms with E-state index < -0.39 is 10.0 Å². The number of halogens is 1. The zero-order valence-electron chi connectivity index (χ0n) is 12.4. The topological polar surface area (TPSA) is 49.4 Å². The van der Waals surface area contributed by atoms with Gasteiger partial charge in [-0.3, -0.25) is 4.31 Å². The predicted octanol–water partition coefficient (Wildman–Crippen LogP) is 3.77. The standard InChI is InChI=1S/C16H17BrN2O2S/c1-11-3-6-14(7-4-11)22(20,21)19-10-12(2)18-15-8-5-13(17)9-16(15)19/h3-9,12,18H,10H2,1-2H3/t12-/m0/s1. The van der Waals surface area contributed by atoms with Gasteiger partial charge in [-0.05, 0) is 44.2 Å². The second-order valence-electron chi connectivity index (χ2n) is 5.56. The number of hydrogen-bond donors (Lipinski definition) is 1. The van der Waals surface area contributed by atoms with Gasteiger partial charge in [0.2, 0.25) is 0 Å². The van der Waals surface area contributed by atoms with Gasteiger partial charge in [0.05, 0.1) is 22.8 Å². The van der Waals surface area contributed by atoms with Crippen LogP contribution in [0.2, 0.25) is 0 Å². The van der Waals surface area contributed by atoms with Crippen molar-refractivity contribution in [2.45, 2.75) is 24.8 Å². The van der Waals surface area contributed by atoms with Gasteiger partial charge < -0.3 is 5.32 Å². The van der Waals surface area contributed by atoms with Crippen molar-refractivity contribution in [3.05, 3.63) is 52.5 Å². The molecule has 1 heterocycles. The van der Waals surface area contributed by atoms with E-state index in [0.29, 0.717) is 17.1 Å². The molecule has 0 aromatic heterocycles. The van der Waals surface area contributed by atoms with Crippen LogP contribution in [0.5, 0.6) is 0 Å². The first-order chi connectivity index (χ1) is 10.4. The third-order valence-corrected chi connectivity index (χ3v) is 5.97. The van der Waals surface area contributed by atoms with Gasteiger partial charge in [-0.25, -0.2) is 8.42 Å². The monoisotopic (exact) mass is 380 g/mol. The van der Waals surface area contributed by atoms with Gasteiger partial charge in [0.15, 0.2) is 0 Å². The number of sulfonamides is 1. The fraction of sp³-hybridized carbons (Fsp3) is 0.250. The Morgan fingerprint density at radius 3 is 2.55 bits per heavy atom. The van der Waals surface area contributed by atoms with Gasteiger partial charge in [-0.15, -0.1) is 0 Å². The Kier molecular flexibility index (Phi) is 3.91. The van der Waals surface area contributed by atoms with Crippen LogP contribution in [0.25, 0.3) is 0 Å². The molecule has 0 saturated heterocycles. The highest BCUT2D eigenvalue weighted by molar-refractivity contribution is 9.10. The Labute approximate surface area is 139 Å². The molecule has 0 fully saturated rings. The van der Waals surface area contributed by atoms with E-state index in [9.17, 15) is 8.42 Å². The first-order valence-corrected chi connectivity index (χ1v) is 9.27. The normalized spacial score (nSPS) is 17.8. The molecule has 2 aromatic carbocycles. The minimum atomic E-state index is -3.57. The van der Waals surface area contributed by atoms with Crippen molar-refractivity contribution in [1.82, 2.24) is 0 Å². The summed E-state index contributed by atoms with van der Waals surface area (Å²) in [6.45, 7) is 4.32. The minimum Gasteiger partial charge on any atom is -0.379 e. The maximum absolute atomic E-state index is 13.0. The summed E-state index contributed by atoms with van der Waals surface area (Å²) in [5.74, 6) is 0. The number of benzene rings is 2. The maximum Gasteiger partial charge on any atom is 0.264 e. The van der Waals surface area contributed by atoms with Gasteiger partial charge in [-0.1, -0.05) is 33.6 Å². The predicted molar refractivity (Wildman–Crippen MR) is 92.9 cm³/mol. The smallest absolute Gasteiger partial charge is 0.264 e. The van der Waals surface area contributed by atoms with Crippen molar-refractivity contribution in [1.29, 1.82) is 0 Å². The summed E-state index contributed by atoms with van der Waals surface area (Å²) in [5.41, 5.74) is 2.54. The van der Waals surface area contributed by atoms with E-state index in [1.54, 1.807) is 12.1 Å². The largest absolute Gasteiger partial charge is 0.379 e. The molecule has 6 heteroatoms. The van der Waals surface area contributed by atoms with E-state index >= 15 is 0 Å². The second kappa shape index (κ2) is 5.59. The van der Waals surface area contributed by atoms with Crippen molar-refractivity contribution in [3.63, 3.8) is 0 Å². The summed E-state index contributed by atoms with van der Waals surface area (Å²) in [6.07, 6.45) is 0. The highest BCUT2D eigenvalue weighted by Gasteiger charge is 2.31. The Balaban J connectivity index is 2.11. The summed E-state index contributed by atoms with van der Waals surface area (Å²) in [7, 11) is -3.57. The Morgan fingerprint density at radius 1 is 1.18 bits per heavy atom. The van der Waals surface area contributed by atoms with Gasteiger partial charge >= 0.3 is 0 Å². The Morgan fingerprint density at radius 2 is 1.86 bits per heavy atom. The van der Waals surface area contributed by atoms with E-state index in [-0.39, 0.29) is 6.04 Å². The first-order valence-electron chi connectivity index (χ1n) is 7.03. The van der Waals surface area contributed by atoms with E-state index in [0.717, 1.165) is 15.7 Å². The number of rotatable bonds is 2. The van der Waals surface area contributed by atoms with E-state index in [1.807, 2.05) is 44.2 Å². The van der Waals surface area contributed by atoms with Crippen LogP contribution in [-0.4, -0.2) is 21.0 Å². The Bertz CT molecular complexity index is 803. The van der Waals surface area contributed by atoms with Crippen LogP contribution in [0.4, 0.5) is 11.4 Å². The van der Waals surface area contributed by atoms with Crippen molar-refractivity contribution >= 4 is 37.3 Å². The molecule has 22 heavy (non-hydrogen) atoms. The fourth-order valence-electron chi connectivity index (χ4n) is 2.56. The molecule has 0 spiro atoms. The quantitative estimate of drug-likeness (QED) is 0.862. The van der Waals surface area contributed by atoms with Crippen LogP contribution in [0, 0.1) is 6.92 Å². The number of anilines is 2. The van der Waals surface area contributed by atoms with Crippen molar-refractivity contribution in [3.8, 4) is 0 Å². The van der Waals surface area contributed by atoms with Crippen LogP contribution in [-0.2, 0) is 10.0 Å². The lowest BCUT2D eigenvalue weighted by Crippen LogP contribution is -2.43. The summed E-state index contributed by atoms with van der Waals surface area (Å²) in [4.78, 5) is 0.318. The maximum atomic E-state index is 13.0.